The molecule has 1 aromatic rings. The first-order valence-electron chi connectivity index (χ1n) is 6.49. The maximum absolute atomic E-state index is 9.09. The maximum Gasteiger partial charge on any atom is 0.139 e. The summed E-state index contributed by atoms with van der Waals surface area (Å²) in [5.41, 5.74) is 0.769. The number of aliphatic hydroxyl groups is 2. The van der Waals surface area contributed by atoms with Crippen molar-refractivity contribution < 1.29 is 10.2 Å². The molecule has 0 aliphatic rings. The van der Waals surface area contributed by atoms with Crippen molar-refractivity contribution in [1.29, 1.82) is 0 Å². The Kier molecular flexibility index (Phi) is 10.3. The molecule has 0 aromatic heterocycles. The van der Waals surface area contributed by atoms with E-state index in [0.29, 0.717) is 0 Å². The Balaban J connectivity index is 0.000000344. The summed E-state index contributed by atoms with van der Waals surface area (Å²) in [4.78, 5) is 0. The Labute approximate surface area is 116 Å². The topological polar surface area (TPSA) is 40.5 Å². The molecular formula is C17H22O2. The molecule has 0 radical (unpaired) electrons. The highest BCUT2D eigenvalue weighted by atomic mass is 16.3. The molecule has 0 saturated carbocycles. The molecule has 0 fully saturated rings. The van der Waals surface area contributed by atoms with Crippen LogP contribution in [0.3, 0.4) is 0 Å². The van der Waals surface area contributed by atoms with Crippen LogP contribution in [-0.4, -0.2) is 16.3 Å². The number of aliphatic hydroxyl groups excluding tert-OH is 2. The minimum Gasteiger partial charge on any atom is -0.380 e. The first-order valence-corrected chi connectivity index (χ1v) is 6.49. The molecule has 102 valence electrons. The van der Waals surface area contributed by atoms with Crippen LogP contribution in [0.15, 0.2) is 30.3 Å². The number of unbranched alkanes of at least 4 members (excludes halogenated alkanes) is 2. The van der Waals surface area contributed by atoms with E-state index in [-0.39, 0.29) is 0 Å². The molecule has 2 N–H and O–H groups in total. The second-order valence-electron chi connectivity index (χ2n) is 4.16. The largest absolute Gasteiger partial charge is 0.380 e. The van der Waals surface area contributed by atoms with E-state index in [9.17, 15) is 0 Å². The Morgan fingerprint density at radius 1 is 1.05 bits per heavy atom. The van der Waals surface area contributed by atoms with E-state index < -0.39 is 12.2 Å². The van der Waals surface area contributed by atoms with Crippen molar-refractivity contribution in [3.05, 3.63) is 35.9 Å². The summed E-state index contributed by atoms with van der Waals surface area (Å²) in [5.74, 6) is 4.52. The van der Waals surface area contributed by atoms with Crippen LogP contribution < -0.4 is 0 Å². The van der Waals surface area contributed by atoms with Gasteiger partial charge in [0.1, 0.15) is 12.2 Å². The average molecular weight is 258 g/mol. The molecule has 19 heavy (non-hydrogen) atoms. The number of hydrogen-bond donors (Lipinski definition) is 2. The molecule has 0 amide bonds. The SMILES string of the molecule is C#CC(O)CCCCC.C#CC(O)c1ccccc1. The molecule has 0 aliphatic carbocycles. The van der Waals surface area contributed by atoms with E-state index >= 15 is 0 Å². The van der Waals surface area contributed by atoms with Crippen molar-refractivity contribution in [2.45, 2.75) is 44.8 Å². The van der Waals surface area contributed by atoms with Crippen molar-refractivity contribution in [3.8, 4) is 24.7 Å². The predicted molar refractivity (Wildman–Crippen MR) is 79.2 cm³/mol. The quantitative estimate of drug-likeness (QED) is 0.630. The van der Waals surface area contributed by atoms with Gasteiger partial charge >= 0.3 is 0 Å². The van der Waals surface area contributed by atoms with Crippen molar-refractivity contribution >= 4 is 0 Å². The fraction of sp³-hybridized carbons (Fsp3) is 0.412. The van der Waals surface area contributed by atoms with Crippen LogP contribution in [0.25, 0.3) is 0 Å². The Morgan fingerprint density at radius 3 is 2.16 bits per heavy atom. The van der Waals surface area contributed by atoms with Gasteiger partial charge in [-0.2, -0.15) is 0 Å². The minimum atomic E-state index is -0.763. The highest BCUT2D eigenvalue weighted by Crippen LogP contribution is 2.09. The van der Waals surface area contributed by atoms with Crippen molar-refractivity contribution in [2.24, 2.45) is 0 Å². The highest BCUT2D eigenvalue weighted by Gasteiger charge is 1.99. The van der Waals surface area contributed by atoms with Crippen LogP contribution in [-0.2, 0) is 0 Å². The van der Waals surface area contributed by atoms with Gasteiger partial charge in [0.25, 0.3) is 0 Å². The van der Waals surface area contributed by atoms with Gasteiger partial charge in [-0.15, -0.1) is 12.8 Å². The molecule has 1 rings (SSSR count). The molecule has 0 heterocycles. The summed E-state index contributed by atoms with van der Waals surface area (Å²) in [6, 6.07) is 9.16. The minimum absolute atomic E-state index is 0.517. The third-order valence-electron chi connectivity index (χ3n) is 2.55. The Hall–Kier alpha value is -1.74. The molecule has 0 aliphatic heterocycles. The fourth-order valence-corrected chi connectivity index (χ4v) is 1.40. The van der Waals surface area contributed by atoms with E-state index in [4.69, 9.17) is 23.1 Å². The number of benzene rings is 1. The van der Waals surface area contributed by atoms with Gasteiger partial charge in [0.2, 0.25) is 0 Å². The average Bonchev–Trinajstić information content (AvgIpc) is 2.48. The maximum atomic E-state index is 9.09. The van der Waals surface area contributed by atoms with Gasteiger partial charge in [-0.25, -0.2) is 0 Å². The molecule has 2 heteroatoms. The molecule has 2 atom stereocenters. The van der Waals surface area contributed by atoms with E-state index in [1.54, 1.807) is 12.1 Å². The third-order valence-corrected chi connectivity index (χ3v) is 2.55. The van der Waals surface area contributed by atoms with Gasteiger partial charge in [-0.1, -0.05) is 61.9 Å². The van der Waals surface area contributed by atoms with E-state index in [2.05, 4.69) is 18.8 Å². The molecule has 0 spiro atoms. The van der Waals surface area contributed by atoms with Gasteiger partial charge in [0.15, 0.2) is 0 Å². The van der Waals surface area contributed by atoms with E-state index in [0.717, 1.165) is 18.4 Å². The summed E-state index contributed by atoms with van der Waals surface area (Å²) in [6.45, 7) is 2.13. The number of rotatable bonds is 5. The first-order chi connectivity index (χ1) is 9.15. The van der Waals surface area contributed by atoms with E-state index in [1.807, 2.05) is 18.2 Å². The van der Waals surface area contributed by atoms with Gasteiger partial charge in [-0.3, -0.25) is 0 Å². The lowest BCUT2D eigenvalue weighted by Gasteiger charge is -2.00. The van der Waals surface area contributed by atoms with Crippen LogP contribution in [0, 0.1) is 24.7 Å². The highest BCUT2D eigenvalue weighted by molar-refractivity contribution is 5.22. The summed E-state index contributed by atoms with van der Waals surface area (Å²) >= 11 is 0. The van der Waals surface area contributed by atoms with Crippen LogP contribution in [0.1, 0.15) is 44.3 Å². The molecule has 0 saturated heterocycles. The van der Waals surface area contributed by atoms with Crippen LogP contribution in [0.2, 0.25) is 0 Å². The number of hydrogen-bond acceptors (Lipinski definition) is 2. The van der Waals surface area contributed by atoms with Crippen LogP contribution in [0.5, 0.6) is 0 Å². The second kappa shape index (κ2) is 11.4. The summed E-state index contributed by atoms with van der Waals surface area (Å²) in [7, 11) is 0. The van der Waals surface area contributed by atoms with Crippen molar-refractivity contribution in [3.63, 3.8) is 0 Å². The molecule has 1 aromatic carbocycles. The van der Waals surface area contributed by atoms with Gasteiger partial charge in [0.05, 0.1) is 0 Å². The van der Waals surface area contributed by atoms with Crippen molar-refractivity contribution in [2.75, 3.05) is 0 Å². The monoisotopic (exact) mass is 258 g/mol. The first kappa shape index (κ1) is 17.3. The van der Waals surface area contributed by atoms with Crippen LogP contribution >= 0.6 is 0 Å². The smallest absolute Gasteiger partial charge is 0.139 e. The molecule has 2 unspecified atom stereocenters. The Morgan fingerprint density at radius 2 is 1.68 bits per heavy atom. The normalized spacial score (nSPS) is 12.3. The van der Waals surface area contributed by atoms with E-state index in [1.165, 1.54) is 12.8 Å². The second-order valence-corrected chi connectivity index (χ2v) is 4.16. The lowest BCUT2D eigenvalue weighted by Crippen LogP contribution is -2.00. The summed E-state index contributed by atoms with van der Waals surface area (Å²) in [6.07, 6.45) is 12.8. The van der Waals surface area contributed by atoms with Crippen molar-refractivity contribution in [1.82, 2.24) is 0 Å². The molecule has 2 nitrogen and oxygen atoms in total. The van der Waals surface area contributed by atoms with Gasteiger partial charge in [-0.05, 0) is 18.4 Å². The van der Waals surface area contributed by atoms with Gasteiger partial charge < -0.3 is 10.2 Å². The predicted octanol–water partition coefficient (Wildman–Crippen LogP) is 2.91. The van der Waals surface area contributed by atoms with Gasteiger partial charge in [0, 0.05) is 0 Å². The summed E-state index contributed by atoms with van der Waals surface area (Å²) in [5, 5.41) is 17.9. The lowest BCUT2D eigenvalue weighted by atomic mass is 10.1. The fourth-order valence-electron chi connectivity index (χ4n) is 1.40. The summed E-state index contributed by atoms with van der Waals surface area (Å²) < 4.78 is 0. The molecular weight excluding hydrogens is 236 g/mol. The lowest BCUT2D eigenvalue weighted by molar-refractivity contribution is 0.217. The zero-order valence-electron chi connectivity index (χ0n) is 11.4. The third kappa shape index (κ3) is 8.91. The standard InChI is InChI=1S/C9H8O.C8H14O/c1-2-9(10)8-6-4-3-5-7-8;1-3-5-6-7-8(9)4-2/h1,3-7,9-10H;2,8-9H,3,5-7H2,1H3. The zero-order valence-corrected chi connectivity index (χ0v) is 11.4. The van der Waals surface area contributed by atoms with Crippen LogP contribution in [0.4, 0.5) is 0 Å². The zero-order chi connectivity index (χ0) is 14.5. The number of terminal acetylenes is 2. The molecule has 0 bridgehead atoms. The Bertz CT molecular complexity index is 398.